The van der Waals surface area contributed by atoms with E-state index in [-0.39, 0.29) is 17.9 Å². The molecular formula is C18H25N3O2S. The number of likely N-dealkylation sites (tertiary alicyclic amines) is 1. The molecule has 1 saturated heterocycles. The predicted octanol–water partition coefficient (Wildman–Crippen LogP) is 2.58. The van der Waals surface area contributed by atoms with Crippen molar-refractivity contribution in [3.8, 4) is 0 Å². The molecule has 24 heavy (non-hydrogen) atoms. The molecule has 6 heteroatoms. The number of hydrogen-bond acceptors (Lipinski definition) is 4. The van der Waals surface area contributed by atoms with Crippen LogP contribution in [0.4, 0.5) is 5.00 Å². The lowest BCUT2D eigenvalue weighted by molar-refractivity contribution is -0.120. The predicted molar refractivity (Wildman–Crippen MR) is 97.8 cm³/mol. The first-order chi connectivity index (χ1) is 11.7. The van der Waals surface area contributed by atoms with Crippen molar-refractivity contribution in [3.05, 3.63) is 28.7 Å². The van der Waals surface area contributed by atoms with Gasteiger partial charge in [-0.25, -0.2) is 0 Å². The zero-order chi connectivity index (χ0) is 17.1. The summed E-state index contributed by atoms with van der Waals surface area (Å²) in [6.07, 6.45) is 7.92. The highest BCUT2D eigenvalue weighted by Crippen LogP contribution is 2.38. The molecule has 3 rings (SSSR count). The molecule has 5 nitrogen and oxygen atoms in total. The number of nitrogens with zero attached hydrogens (tertiary/aromatic N) is 1. The van der Waals surface area contributed by atoms with Crippen molar-refractivity contribution >= 4 is 28.2 Å². The normalized spacial score (nSPS) is 20.5. The molecule has 1 atom stereocenters. The highest BCUT2D eigenvalue weighted by atomic mass is 32.1. The molecule has 1 aromatic rings. The Morgan fingerprint density at radius 2 is 2.12 bits per heavy atom. The van der Waals surface area contributed by atoms with Crippen LogP contribution < -0.4 is 10.6 Å². The van der Waals surface area contributed by atoms with Gasteiger partial charge in [-0.05, 0) is 50.6 Å². The summed E-state index contributed by atoms with van der Waals surface area (Å²) in [4.78, 5) is 28.5. The van der Waals surface area contributed by atoms with Crippen molar-refractivity contribution in [2.45, 2.75) is 44.6 Å². The van der Waals surface area contributed by atoms with Gasteiger partial charge in [0.1, 0.15) is 5.00 Å². The van der Waals surface area contributed by atoms with Gasteiger partial charge in [0.15, 0.2) is 0 Å². The number of nitrogens with one attached hydrogen (secondary N) is 2. The first-order valence-corrected chi connectivity index (χ1v) is 9.49. The van der Waals surface area contributed by atoms with Crippen LogP contribution in [0.2, 0.25) is 0 Å². The number of rotatable bonds is 5. The van der Waals surface area contributed by atoms with Crippen molar-refractivity contribution in [2.75, 3.05) is 25.5 Å². The van der Waals surface area contributed by atoms with Gasteiger partial charge >= 0.3 is 0 Å². The van der Waals surface area contributed by atoms with Crippen molar-refractivity contribution < 1.29 is 9.59 Å². The molecule has 2 amide bonds. The maximum absolute atomic E-state index is 12.8. The molecule has 1 fully saturated rings. The third-order valence-electron chi connectivity index (χ3n) is 4.89. The molecular weight excluding hydrogens is 322 g/mol. The molecule has 0 aromatic carbocycles. The minimum absolute atomic E-state index is 0.00176. The lowest BCUT2D eigenvalue weighted by Crippen LogP contribution is -2.39. The smallest absolute Gasteiger partial charge is 0.254 e. The zero-order valence-corrected chi connectivity index (χ0v) is 15.0. The topological polar surface area (TPSA) is 61.4 Å². The fourth-order valence-corrected chi connectivity index (χ4v) is 5.01. The number of aryl methyl sites for hydroxylation is 1. The second kappa shape index (κ2) is 7.49. The van der Waals surface area contributed by atoms with Crippen LogP contribution >= 0.6 is 11.3 Å². The van der Waals surface area contributed by atoms with Crippen LogP contribution in [0.25, 0.3) is 0 Å². The number of fused-ring (bicyclic) bond motifs is 1. The molecule has 1 aliphatic carbocycles. The molecule has 0 unspecified atom stereocenters. The molecule has 1 aliphatic heterocycles. The third-order valence-corrected chi connectivity index (χ3v) is 6.10. The van der Waals surface area contributed by atoms with Crippen LogP contribution in [0.15, 0.2) is 12.7 Å². The summed E-state index contributed by atoms with van der Waals surface area (Å²) in [7, 11) is 1.64. The van der Waals surface area contributed by atoms with E-state index in [2.05, 4.69) is 22.1 Å². The molecule has 0 bridgehead atoms. The Kier molecular flexibility index (Phi) is 5.36. The van der Waals surface area contributed by atoms with Gasteiger partial charge in [0.05, 0.1) is 11.6 Å². The molecule has 0 radical (unpaired) electrons. The molecule has 0 spiro atoms. The van der Waals surface area contributed by atoms with Crippen LogP contribution in [0, 0.1) is 0 Å². The van der Waals surface area contributed by atoms with Gasteiger partial charge in [-0.1, -0.05) is 6.08 Å². The first kappa shape index (κ1) is 17.2. The average Bonchev–Trinajstić information content (AvgIpc) is 3.18. The van der Waals surface area contributed by atoms with E-state index in [1.807, 2.05) is 6.08 Å². The monoisotopic (exact) mass is 347 g/mol. The molecule has 2 heterocycles. The Morgan fingerprint density at radius 3 is 2.88 bits per heavy atom. The van der Waals surface area contributed by atoms with Gasteiger partial charge in [-0.15, -0.1) is 17.9 Å². The average molecular weight is 347 g/mol. The second-order valence-electron chi connectivity index (χ2n) is 6.43. The van der Waals surface area contributed by atoms with E-state index in [9.17, 15) is 9.59 Å². The van der Waals surface area contributed by atoms with Gasteiger partial charge < -0.3 is 10.6 Å². The van der Waals surface area contributed by atoms with Gasteiger partial charge in [-0.3, -0.25) is 14.5 Å². The number of carbonyl (C=O) groups is 2. The van der Waals surface area contributed by atoms with Crippen molar-refractivity contribution in [2.24, 2.45) is 0 Å². The lowest BCUT2D eigenvalue weighted by atomic mass is 9.95. The number of thiophene rings is 1. The Bertz CT molecular complexity index is 653. The largest absolute Gasteiger partial charge is 0.355 e. The molecule has 130 valence electrons. The van der Waals surface area contributed by atoms with E-state index in [0.29, 0.717) is 5.56 Å². The Morgan fingerprint density at radius 1 is 1.33 bits per heavy atom. The third kappa shape index (κ3) is 3.26. The fourth-order valence-electron chi connectivity index (χ4n) is 3.72. The highest BCUT2D eigenvalue weighted by Gasteiger charge is 2.32. The summed E-state index contributed by atoms with van der Waals surface area (Å²) in [5.74, 6) is -0.0998. The summed E-state index contributed by atoms with van der Waals surface area (Å²) in [6, 6.07) is -0.125. The van der Waals surface area contributed by atoms with E-state index in [4.69, 9.17) is 0 Å². The zero-order valence-electron chi connectivity index (χ0n) is 14.2. The molecule has 2 aliphatic rings. The maximum atomic E-state index is 12.8. The molecule has 0 saturated carbocycles. The Balaban J connectivity index is 1.84. The number of hydrogen-bond donors (Lipinski definition) is 2. The summed E-state index contributed by atoms with van der Waals surface area (Å²) < 4.78 is 0. The number of carbonyl (C=O) groups excluding carboxylic acids is 2. The van der Waals surface area contributed by atoms with Gasteiger partial charge in [-0.2, -0.15) is 0 Å². The van der Waals surface area contributed by atoms with Crippen LogP contribution in [0.1, 0.15) is 46.5 Å². The van der Waals surface area contributed by atoms with Crippen molar-refractivity contribution in [1.82, 2.24) is 10.2 Å². The van der Waals surface area contributed by atoms with Crippen molar-refractivity contribution in [3.63, 3.8) is 0 Å². The minimum atomic E-state index is -0.125. The van der Waals surface area contributed by atoms with E-state index < -0.39 is 0 Å². The van der Waals surface area contributed by atoms with Crippen LogP contribution in [-0.2, 0) is 17.6 Å². The quantitative estimate of drug-likeness (QED) is 0.805. The van der Waals surface area contributed by atoms with Gasteiger partial charge in [0.25, 0.3) is 5.91 Å². The SMILES string of the molecule is C=CCN1CCC[C@H]1C(=O)Nc1sc2c(c1C(=O)NC)CCCC2. The standard InChI is InChI=1S/C18H25N3O2S/c1-3-10-21-11-6-8-13(21)16(22)20-18-15(17(23)19-2)12-7-4-5-9-14(12)24-18/h3,13H,1,4-11H2,2H3,(H,19,23)(H,20,22)/t13-/m0/s1. The Labute approximate surface area is 147 Å². The van der Waals surface area contributed by atoms with E-state index >= 15 is 0 Å². The summed E-state index contributed by atoms with van der Waals surface area (Å²) >= 11 is 1.58. The summed E-state index contributed by atoms with van der Waals surface area (Å²) in [6.45, 7) is 5.42. The highest BCUT2D eigenvalue weighted by molar-refractivity contribution is 7.17. The molecule has 1 aromatic heterocycles. The van der Waals surface area contributed by atoms with E-state index in [1.165, 1.54) is 4.88 Å². The summed E-state index contributed by atoms with van der Waals surface area (Å²) in [5.41, 5.74) is 1.81. The van der Waals surface area contributed by atoms with Gasteiger partial charge in [0, 0.05) is 18.5 Å². The fraction of sp³-hybridized carbons (Fsp3) is 0.556. The second-order valence-corrected chi connectivity index (χ2v) is 7.53. The number of amides is 2. The van der Waals surface area contributed by atoms with E-state index in [1.54, 1.807) is 18.4 Å². The minimum Gasteiger partial charge on any atom is -0.355 e. The van der Waals surface area contributed by atoms with Crippen molar-refractivity contribution in [1.29, 1.82) is 0 Å². The maximum Gasteiger partial charge on any atom is 0.254 e. The first-order valence-electron chi connectivity index (χ1n) is 8.68. The van der Waals surface area contributed by atoms with E-state index in [0.717, 1.165) is 62.2 Å². The Hall–Kier alpha value is -1.66. The van der Waals surface area contributed by atoms with Crippen LogP contribution in [-0.4, -0.2) is 42.9 Å². The number of anilines is 1. The van der Waals surface area contributed by atoms with Gasteiger partial charge in [0.2, 0.25) is 5.91 Å². The summed E-state index contributed by atoms with van der Waals surface area (Å²) in [5, 5.41) is 6.50. The van der Waals surface area contributed by atoms with Crippen LogP contribution in [0.3, 0.4) is 0 Å². The molecule has 2 N–H and O–H groups in total. The lowest BCUT2D eigenvalue weighted by Gasteiger charge is -2.22. The van der Waals surface area contributed by atoms with Crippen LogP contribution in [0.5, 0.6) is 0 Å².